The maximum absolute atomic E-state index is 10.0. The summed E-state index contributed by atoms with van der Waals surface area (Å²) in [5, 5.41) is 10.0. The van der Waals surface area contributed by atoms with Crippen LogP contribution in [0, 0.1) is 12.8 Å². The molecule has 1 heterocycles. The van der Waals surface area contributed by atoms with Gasteiger partial charge in [0.25, 0.3) is 0 Å². The number of fused-ring (bicyclic) bond motifs is 2. The molecule has 2 fully saturated rings. The predicted octanol–water partition coefficient (Wildman–Crippen LogP) is 3.25. The molecule has 2 bridgehead atoms. The number of phenols is 1. The molecular formula is C15H21NO. The standard InChI is InChI=1S/C15H21NO/c1-10-3-6-15(17)14(7-10)11(2)16-9-12-4-5-13(16)8-12/h3,6-7,11-13,17H,4-5,8-9H2,1-2H3. The predicted molar refractivity (Wildman–Crippen MR) is 69.1 cm³/mol. The Morgan fingerprint density at radius 1 is 1.35 bits per heavy atom. The third-order valence-corrected chi connectivity index (χ3v) is 4.58. The molecule has 3 rings (SSSR count). The van der Waals surface area contributed by atoms with E-state index in [0.29, 0.717) is 11.8 Å². The smallest absolute Gasteiger partial charge is 0.120 e. The van der Waals surface area contributed by atoms with Crippen molar-refractivity contribution in [3.8, 4) is 5.75 Å². The van der Waals surface area contributed by atoms with Crippen LogP contribution >= 0.6 is 0 Å². The van der Waals surface area contributed by atoms with Crippen molar-refractivity contribution in [2.75, 3.05) is 6.54 Å². The second kappa shape index (κ2) is 4.02. The van der Waals surface area contributed by atoms with Gasteiger partial charge >= 0.3 is 0 Å². The highest BCUT2D eigenvalue weighted by atomic mass is 16.3. The van der Waals surface area contributed by atoms with E-state index in [1.165, 1.54) is 31.4 Å². The van der Waals surface area contributed by atoms with Gasteiger partial charge in [-0.2, -0.15) is 0 Å². The molecule has 92 valence electrons. The quantitative estimate of drug-likeness (QED) is 0.844. The first-order chi connectivity index (χ1) is 8.15. The summed E-state index contributed by atoms with van der Waals surface area (Å²) in [6.45, 7) is 5.54. The number of likely N-dealkylation sites (tertiary alicyclic amines) is 1. The summed E-state index contributed by atoms with van der Waals surface area (Å²) in [4.78, 5) is 2.59. The Kier molecular flexibility index (Phi) is 2.62. The number of rotatable bonds is 2. The average Bonchev–Trinajstić information content (AvgIpc) is 2.93. The molecule has 0 spiro atoms. The van der Waals surface area contributed by atoms with Gasteiger partial charge in [0.2, 0.25) is 0 Å². The van der Waals surface area contributed by atoms with Crippen LogP contribution in [0.15, 0.2) is 18.2 Å². The highest BCUT2D eigenvalue weighted by Gasteiger charge is 2.40. The molecule has 1 aromatic rings. The molecule has 0 amide bonds. The lowest BCUT2D eigenvalue weighted by Gasteiger charge is -2.33. The first-order valence-corrected chi connectivity index (χ1v) is 6.70. The van der Waals surface area contributed by atoms with E-state index in [2.05, 4.69) is 24.8 Å². The Morgan fingerprint density at radius 3 is 2.82 bits per heavy atom. The highest BCUT2D eigenvalue weighted by molar-refractivity contribution is 5.38. The lowest BCUT2D eigenvalue weighted by molar-refractivity contribution is 0.158. The molecule has 1 aromatic carbocycles. The van der Waals surface area contributed by atoms with E-state index in [-0.39, 0.29) is 0 Å². The SMILES string of the molecule is Cc1ccc(O)c(C(C)N2CC3CCC2C3)c1. The Bertz CT molecular complexity index is 429. The lowest BCUT2D eigenvalue weighted by Crippen LogP contribution is -2.34. The molecule has 2 nitrogen and oxygen atoms in total. The van der Waals surface area contributed by atoms with E-state index in [4.69, 9.17) is 0 Å². The summed E-state index contributed by atoms with van der Waals surface area (Å²) in [6, 6.07) is 7.04. The van der Waals surface area contributed by atoms with Crippen molar-refractivity contribution >= 4 is 0 Å². The van der Waals surface area contributed by atoms with Crippen LogP contribution in [0.3, 0.4) is 0 Å². The second-order valence-electron chi connectivity index (χ2n) is 5.77. The number of piperidine rings is 1. The maximum Gasteiger partial charge on any atom is 0.120 e. The normalized spacial score (nSPS) is 29.8. The average molecular weight is 231 g/mol. The van der Waals surface area contributed by atoms with Gasteiger partial charge in [-0.05, 0) is 45.1 Å². The van der Waals surface area contributed by atoms with Crippen LogP contribution in [-0.2, 0) is 0 Å². The fourth-order valence-electron chi connectivity index (χ4n) is 3.62. The summed E-state index contributed by atoms with van der Waals surface area (Å²) in [5.41, 5.74) is 2.33. The topological polar surface area (TPSA) is 23.5 Å². The molecule has 1 saturated carbocycles. The molecule has 3 atom stereocenters. The molecule has 1 N–H and O–H groups in total. The molecule has 17 heavy (non-hydrogen) atoms. The zero-order chi connectivity index (χ0) is 12.0. The van der Waals surface area contributed by atoms with Crippen molar-refractivity contribution in [1.82, 2.24) is 4.90 Å². The number of hydrogen-bond donors (Lipinski definition) is 1. The van der Waals surface area contributed by atoms with E-state index in [0.717, 1.165) is 17.5 Å². The second-order valence-corrected chi connectivity index (χ2v) is 5.77. The zero-order valence-electron chi connectivity index (χ0n) is 10.7. The summed E-state index contributed by atoms with van der Waals surface area (Å²) >= 11 is 0. The minimum absolute atomic E-state index is 0.352. The van der Waals surface area contributed by atoms with Gasteiger partial charge in [-0.3, -0.25) is 4.90 Å². The number of benzene rings is 1. The van der Waals surface area contributed by atoms with E-state index >= 15 is 0 Å². The van der Waals surface area contributed by atoms with Crippen LogP contribution < -0.4 is 0 Å². The van der Waals surface area contributed by atoms with Crippen molar-refractivity contribution in [3.63, 3.8) is 0 Å². The van der Waals surface area contributed by atoms with Crippen LogP contribution in [-0.4, -0.2) is 22.6 Å². The van der Waals surface area contributed by atoms with Gasteiger partial charge in [-0.1, -0.05) is 17.7 Å². The molecule has 1 saturated heterocycles. The van der Waals surface area contributed by atoms with E-state index < -0.39 is 0 Å². The monoisotopic (exact) mass is 231 g/mol. The lowest BCUT2D eigenvalue weighted by atomic mass is 10.0. The molecule has 1 aliphatic carbocycles. The van der Waals surface area contributed by atoms with Crippen LogP contribution in [0.1, 0.15) is 43.4 Å². The van der Waals surface area contributed by atoms with Gasteiger partial charge in [0, 0.05) is 24.2 Å². The maximum atomic E-state index is 10.0. The van der Waals surface area contributed by atoms with Crippen LogP contribution in [0.4, 0.5) is 0 Å². The molecule has 3 unspecified atom stereocenters. The van der Waals surface area contributed by atoms with E-state index in [9.17, 15) is 5.11 Å². The minimum atomic E-state index is 0.352. The summed E-state index contributed by atoms with van der Waals surface area (Å²) in [7, 11) is 0. The van der Waals surface area contributed by atoms with Gasteiger partial charge in [0.05, 0.1) is 0 Å². The molecule has 2 aliphatic rings. The third kappa shape index (κ3) is 1.85. The largest absolute Gasteiger partial charge is 0.508 e. The molecular weight excluding hydrogens is 210 g/mol. The number of nitrogens with zero attached hydrogens (tertiary/aromatic N) is 1. The fourth-order valence-corrected chi connectivity index (χ4v) is 3.62. The van der Waals surface area contributed by atoms with E-state index in [1.807, 2.05) is 12.1 Å². The summed E-state index contributed by atoms with van der Waals surface area (Å²) < 4.78 is 0. The van der Waals surface area contributed by atoms with Gasteiger partial charge in [0.15, 0.2) is 0 Å². The first kappa shape index (κ1) is 11.1. The van der Waals surface area contributed by atoms with Crippen molar-refractivity contribution < 1.29 is 5.11 Å². The van der Waals surface area contributed by atoms with Crippen molar-refractivity contribution in [3.05, 3.63) is 29.3 Å². The van der Waals surface area contributed by atoms with Gasteiger partial charge in [0.1, 0.15) is 5.75 Å². The third-order valence-electron chi connectivity index (χ3n) is 4.58. The minimum Gasteiger partial charge on any atom is -0.508 e. The van der Waals surface area contributed by atoms with E-state index in [1.54, 1.807) is 0 Å². The van der Waals surface area contributed by atoms with Crippen LogP contribution in [0.5, 0.6) is 5.75 Å². The van der Waals surface area contributed by atoms with Gasteiger partial charge in [-0.25, -0.2) is 0 Å². The van der Waals surface area contributed by atoms with Crippen molar-refractivity contribution in [1.29, 1.82) is 0 Å². The molecule has 0 radical (unpaired) electrons. The Labute approximate surface area is 103 Å². The highest BCUT2D eigenvalue weighted by Crippen LogP contribution is 2.43. The molecule has 1 aliphatic heterocycles. The van der Waals surface area contributed by atoms with Crippen molar-refractivity contribution in [2.45, 2.75) is 45.2 Å². The number of phenolic OH excluding ortho intramolecular Hbond substituents is 1. The molecule has 2 heteroatoms. The summed E-state index contributed by atoms with van der Waals surface area (Å²) in [5.74, 6) is 1.36. The Hall–Kier alpha value is -1.02. The fraction of sp³-hybridized carbons (Fsp3) is 0.600. The first-order valence-electron chi connectivity index (χ1n) is 6.70. The van der Waals surface area contributed by atoms with Gasteiger partial charge < -0.3 is 5.11 Å². The Morgan fingerprint density at radius 2 is 2.18 bits per heavy atom. The zero-order valence-corrected chi connectivity index (χ0v) is 10.7. The van der Waals surface area contributed by atoms with Crippen LogP contribution in [0.25, 0.3) is 0 Å². The Balaban J connectivity index is 1.86. The van der Waals surface area contributed by atoms with Crippen LogP contribution in [0.2, 0.25) is 0 Å². The number of hydrogen-bond acceptors (Lipinski definition) is 2. The van der Waals surface area contributed by atoms with Gasteiger partial charge in [-0.15, -0.1) is 0 Å². The number of aryl methyl sites for hydroxylation is 1. The number of aromatic hydroxyl groups is 1. The van der Waals surface area contributed by atoms with Crippen molar-refractivity contribution in [2.24, 2.45) is 5.92 Å². The molecule has 0 aromatic heterocycles. The summed E-state index contributed by atoms with van der Waals surface area (Å²) in [6.07, 6.45) is 4.13.